The SMILES string of the molecule is C#CCCCCC1CN(Oc2ccccc2)CCNCCCN1CC(=O)OC. The third kappa shape index (κ3) is 8.30. The molecule has 1 aromatic carbocycles. The Morgan fingerprint density at radius 1 is 1.25 bits per heavy atom. The van der Waals surface area contributed by atoms with Gasteiger partial charge in [-0.05, 0) is 37.9 Å². The summed E-state index contributed by atoms with van der Waals surface area (Å²) >= 11 is 0. The lowest BCUT2D eigenvalue weighted by Gasteiger charge is -2.35. The van der Waals surface area contributed by atoms with Crippen molar-refractivity contribution in [3.8, 4) is 18.1 Å². The molecule has 1 aliphatic heterocycles. The molecular weight excluding hydrogens is 354 g/mol. The van der Waals surface area contributed by atoms with Crippen molar-refractivity contribution in [2.24, 2.45) is 0 Å². The van der Waals surface area contributed by atoms with E-state index < -0.39 is 0 Å². The Balaban J connectivity index is 2.10. The maximum Gasteiger partial charge on any atom is 0.319 e. The van der Waals surface area contributed by atoms with Crippen LogP contribution in [0.4, 0.5) is 0 Å². The summed E-state index contributed by atoms with van der Waals surface area (Å²) in [4.78, 5) is 20.4. The molecule has 0 aromatic heterocycles. The summed E-state index contributed by atoms with van der Waals surface area (Å²) in [5, 5.41) is 5.45. The van der Waals surface area contributed by atoms with Gasteiger partial charge in [0, 0.05) is 32.1 Å². The van der Waals surface area contributed by atoms with Crippen LogP contribution in [-0.2, 0) is 9.53 Å². The van der Waals surface area contributed by atoms with Crippen LogP contribution in [0.5, 0.6) is 5.75 Å². The molecule has 1 saturated heterocycles. The normalized spacial score (nSPS) is 19.5. The number of nitrogens with one attached hydrogen (secondary N) is 1. The van der Waals surface area contributed by atoms with E-state index in [-0.39, 0.29) is 12.0 Å². The number of carbonyl (C=O) groups excluding carboxylic acids is 1. The standard InChI is InChI=1S/C22H33N3O3/c1-3-4-5-7-11-20-18-25(28-21-12-8-6-9-13-21)17-15-23-14-10-16-24(20)19-22(26)27-2/h1,6,8-9,12-13,20,23H,4-5,7,10-11,14-19H2,2H3. The van der Waals surface area contributed by atoms with Gasteiger partial charge in [0.2, 0.25) is 0 Å². The lowest BCUT2D eigenvalue weighted by atomic mass is 10.1. The second-order valence-electron chi connectivity index (χ2n) is 7.05. The largest absolute Gasteiger partial charge is 0.468 e. The van der Waals surface area contributed by atoms with Crippen LogP contribution in [0.1, 0.15) is 32.1 Å². The zero-order valence-electron chi connectivity index (χ0n) is 16.9. The van der Waals surface area contributed by atoms with Gasteiger partial charge in [-0.1, -0.05) is 24.6 Å². The van der Waals surface area contributed by atoms with Gasteiger partial charge in [-0.25, -0.2) is 0 Å². The molecule has 1 heterocycles. The number of carbonyl (C=O) groups is 1. The van der Waals surface area contributed by atoms with Gasteiger partial charge < -0.3 is 14.9 Å². The first-order valence-corrected chi connectivity index (χ1v) is 10.2. The first kappa shape index (κ1) is 22.2. The highest BCUT2D eigenvalue weighted by Crippen LogP contribution is 2.16. The van der Waals surface area contributed by atoms with Crippen LogP contribution in [0.3, 0.4) is 0 Å². The average Bonchev–Trinajstić information content (AvgIpc) is 2.72. The predicted octanol–water partition coefficient (Wildman–Crippen LogP) is 2.31. The van der Waals surface area contributed by atoms with Crippen LogP contribution in [0.15, 0.2) is 30.3 Å². The molecule has 0 amide bonds. The Morgan fingerprint density at radius 2 is 2.07 bits per heavy atom. The number of rotatable bonds is 8. The third-order valence-electron chi connectivity index (χ3n) is 4.91. The Morgan fingerprint density at radius 3 is 2.82 bits per heavy atom. The molecule has 0 saturated carbocycles. The molecule has 1 atom stereocenters. The topological polar surface area (TPSA) is 54.0 Å². The molecule has 2 rings (SSSR count). The first-order chi connectivity index (χ1) is 13.7. The number of methoxy groups -OCH3 is 1. The van der Waals surface area contributed by atoms with Crippen LogP contribution in [0.2, 0.25) is 0 Å². The minimum Gasteiger partial charge on any atom is -0.468 e. The number of unbranched alkanes of at least 4 members (excludes halogenated alkanes) is 2. The van der Waals surface area contributed by atoms with Gasteiger partial charge in [-0.15, -0.1) is 17.4 Å². The van der Waals surface area contributed by atoms with Gasteiger partial charge in [0.25, 0.3) is 0 Å². The van der Waals surface area contributed by atoms with E-state index in [0.717, 1.165) is 70.6 Å². The highest BCUT2D eigenvalue weighted by Gasteiger charge is 2.25. The van der Waals surface area contributed by atoms with E-state index in [4.69, 9.17) is 16.0 Å². The van der Waals surface area contributed by atoms with E-state index in [9.17, 15) is 4.79 Å². The quantitative estimate of drug-likeness (QED) is 0.420. The van der Waals surface area contributed by atoms with Gasteiger partial charge in [0.05, 0.1) is 20.2 Å². The van der Waals surface area contributed by atoms with Crippen molar-refractivity contribution in [3.63, 3.8) is 0 Å². The second kappa shape index (κ2) is 13.2. The van der Waals surface area contributed by atoms with Gasteiger partial charge in [-0.2, -0.15) is 0 Å². The number of hydrogen-bond donors (Lipinski definition) is 1. The number of terminal acetylenes is 1. The van der Waals surface area contributed by atoms with E-state index >= 15 is 0 Å². The first-order valence-electron chi connectivity index (χ1n) is 10.2. The van der Waals surface area contributed by atoms with Crippen LogP contribution in [-0.4, -0.2) is 68.4 Å². The van der Waals surface area contributed by atoms with Crippen molar-refractivity contribution in [2.75, 3.05) is 46.4 Å². The second-order valence-corrected chi connectivity index (χ2v) is 7.05. The van der Waals surface area contributed by atoms with Crippen LogP contribution >= 0.6 is 0 Å². The Kier molecular flexibility index (Phi) is 10.4. The third-order valence-corrected chi connectivity index (χ3v) is 4.91. The van der Waals surface area contributed by atoms with Crippen molar-refractivity contribution in [1.82, 2.24) is 15.3 Å². The molecule has 154 valence electrons. The summed E-state index contributed by atoms with van der Waals surface area (Å²) in [6.07, 6.45) is 10.2. The van der Waals surface area contributed by atoms with Crippen molar-refractivity contribution in [2.45, 2.75) is 38.1 Å². The molecule has 1 N–H and O–H groups in total. The molecular formula is C22H33N3O3. The van der Waals surface area contributed by atoms with Crippen molar-refractivity contribution < 1.29 is 14.4 Å². The van der Waals surface area contributed by atoms with Crippen LogP contribution in [0, 0.1) is 12.3 Å². The molecule has 6 heteroatoms. The average molecular weight is 388 g/mol. The zero-order chi connectivity index (χ0) is 20.0. The van der Waals surface area contributed by atoms with Gasteiger partial charge in [0.15, 0.2) is 0 Å². The number of ether oxygens (including phenoxy) is 1. The fourth-order valence-corrected chi connectivity index (χ4v) is 3.39. The molecule has 1 aromatic rings. The van der Waals surface area contributed by atoms with Gasteiger partial charge >= 0.3 is 5.97 Å². The minimum atomic E-state index is -0.200. The zero-order valence-corrected chi connectivity index (χ0v) is 16.9. The highest BCUT2D eigenvalue weighted by atomic mass is 16.7. The summed E-state index contributed by atoms with van der Waals surface area (Å²) in [6.45, 7) is 4.44. The molecule has 1 aliphatic rings. The molecule has 0 radical (unpaired) electrons. The summed E-state index contributed by atoms with van der Waals surface area (Å²) in [5.74, 6) is 3.33. The number of hydrogen-bond acceptors (Lipinski definition) is 6. The van der Waals surface area contributed by atoms with Gasteiger partial charge in [0.1, 0.15) is 5.75 Å². The maximum atomic E-state index is 12.0. The van der Waals surface area contributed by atoms with E-state index in [1.807, 2.05) is 35.4 Å². The van der Waals surface area contributed by atoms with E-state index in [1.165, 1.54) is 7.11 Å². The lowest BCUT2D eigenvalue weighted by molar-refractivity contribution is -0.143. The number of benzene rings is 1. The lowest BCUT2D eigenvalue weighted by Crippen LogP contribution is -2.50. The number of para-hydroxylation sites is 1. The van der Waals surface area contributed by atoms with Gasteiger partial charge in [-0.3, -0.25) is 9.69 Å². The van der Waals surface area contributed by atoms with Crippen LogP contribution in [0.25, 0.3) is 0 Å². The molecule has 28 heavy (non-hydrogen) atoms. The van der Waals surface area contributed by atoms with Crippen molar-refractivity contribution >= 4 is 5.97 Å². The monoisotopic (exact) mass is 387 g/mol. The Bertz CT molecular complexity index is 603. The summed E-state index contributed by atoms with van der Waals surface area (Å²) in [6, 6.07) is 10.0. The van der Waals surface area contributed by atoms with Crippen molar-refractivity contribution in [3.05, 3.63) is 30.3 Å². The predicted molar refractivity (Wildman–Crippen MR) is 111 cm³/mol. The van der Waals surface area contributed by atoms with E-state index in [0.29, 0.717) is 6.54 Å². The summed E-state index contributed by atoms with van der Waals surface area (Å²) < 4.78 is 4.93. The fourth-order valence-electron chi connectivity index (χ4n) is 3.39. The summed E-state index contributed by atoms with van der Waals surface area (Å²) in [5.41, 5.74) is 0. The van der Waals surface area contributed by atoms with Crippen LogP contribution < -0.4 is 10.2 Å². The number of hydroxylamine groups is 2. The van der Waals surface area contributed by atoms with E-state index in [1.54, 1.807) is 0 Å². The maximum absolute atomic E-state index is 12.0. The molecule has 6 nitrogen and oxygen atoms in total. The number of esters is 1. The summed E-state index contributed by atoms with van der Waals surface area (Å²) in [7, 11) is 1.44. The molecule has 1 unspecified atom stereocenters. The van der Waals surface area contributed by atoms with Crippen molar-refractivity contribution in [1.29, 1.82) is 0 Å². The molecule has 0 aliphatic carbocycles. The molecule has 0 bridgehead atoms. The molecule has 0 spiro atoms. The Hall–Kier alpha value is -2.07. The minimum absolute atomic E-state index is 0.200. The Labute approximate surface area is 169 Å². The highest BCUT2D eigenvalue weighted by molar-refractivity contribution is 5.71. The molecule has 1 fully saturated rings. The fraction of sp³-hybridized carbons (Fsp3) is 0.591. The smallest absolute Gasteiger partial charge is 0.319 e. The number of nitrogens with zero attached hydrogens (tertiary/aromatic N) is 2. The van der Waals surface area contributed by atoms with E-state index in [2.05, 4.69) is 16.1 Å².